The fourth-order valence-electron chi connectivity index (χ4n) is 4.84. The Hall–Kier alpha value is -2.60. The molecular formula is C23H27FN4O. The predicted molar refractivity (Wildman–Crippen MR) is 113 cm³/mol. The van der Waals surface area contributed by atoms with Crippen molar-refractivity contribution in [2.45, 2.75) is 6.42 Å². The number of hydrogen-bond donors (Lipinski definition) is 0. The third-order valence-corrected chi connectivity index (χ3v) is 6.50. The summed E-state index contributed by atoms with van der Waals surface area (Å²) in [5, 5.41) is 0. The van der Waals surface area contributed by atoms with E-state index in [1.54, 1.807) is 6.07 Å². The van der Waals surface area contributed by atoms with E-state index >= 15 is 0 Å². The number of carbonyl (C=O) groups is 1. The fourth-order valence-corrected chi connectivity index (χ4v) is 4.84. The van der Waals surface area contributed by atoms with E-state index in [2.05, 4.69) is 20.8 Å². The molecule has 0 saturated carbocycles. The van der Waals surface area contributed by atoms with Crippen molar-refractivity contribution in [2.24, 2.45) is 0 Å². The van der Waals surface area contributed by atoms with Crippen molar-refractivity contribution in [3.05, 3.63) is 59.4 Å². The predicted octanol–water partition coefficient (Wildman–Crippen LogP) is 2.47. The first-order valence-corrected chi connectivity index (χ1v) is 10.6. The third kappa shape index (κ3) is 3.46. The number of anilines is 2. The van der Waals surface area contributed by atoms with Gasteiger partial charge in [0.1, 0.15) is 5.82 Å². The number of carbonyl (C=O) groups excluding carboxylic acids is 1. The number of hydrogen-bond acceptors (Lipinski definition) is 4. The van der Waals surface area contributed by atoms with Crippen molar-refractivity contribution in [1.82, 2.24) is 9.80 Å². The smallest absolute Gasteiger partial charge is 0.256 e. The van der Waals surface area contributed by atoms with Crippen LogP contribution in [0.2, 0.25) is 0 Å². The van der Waals surface area contributed by atoms with Crippen molar-refractivity contribution < 1.29 is 9.18 Å². The second-order valence-electron chi connectivity index (χ2n) is 8.12. The van der Waals surface area contributed by atoms with E-state index in [1.165, 1.54) is 17.3 Å². The molecule has 3 aliphatic rings. The number of halogens is 1. The Labute approximate surface area is 171 Å². The Morgan fingerprint density at radius 1 is 0.793 bits per heavy atom. The highest BCUT2D eigenvalue weighted by molar-refractivity contribution is 6.01. The number of piperazine rings is 1. The topological polar surface area (TPSA) is 30.0 Å². The Kier molecular flexibility index (Phi) is 4.87. The Bertz CT molecular complexity index is 910. The van der Waals surface area contributed by atoms with E-state index < -0.39 is 0 Å². The van der Waals surface area contributed by atoms with Crippen LogP contribution in [0.1, 0.15) is 15.9 Å². The van der Waals surface area contributed by atoms with Crippen molar-refractivity contribution in [3.63, 3.8) is 0 Å². The molecule has 0 radical (unpaired) electrons. The minimum atomic E-state index is -0.153. The summed E-state index contributed by atoms with van der Waals surface area (Å²) in [7, 11) is 0. The first kappa shape index (κ1) is 18.4. The fraction of sp³-hybridized carbons (Fsp3) is 0.435. The molecule has 6 heteroatoms. The van der Waals surface area contributed by atoms with Gasteiger partial charge in [0.15, 0.2) is 0 Å². The van der Waals surface area contributed by atoms with E-state index in [0.29, 0.717) is 5.69 Å². The molecule has 5 rings (SSSR count). The van der Waals surface area contributed by atoms with Crippen LogP contribution in [-0.4, -0.2) is 74.6 Å². The summed E-state index contributed by atoms with van der Waals surface area (Å²) in [4.78, 5) is 22.0. The molecule has 1 fully saturated rings. The molecule has 0 spiro atoms. The summed E-state index contributed by atoms with van der Waals surface area (Å²) in [6.07, 6.45) is 1.04. The van der Waals surface area contributed by atoms with Gasteiger partial charge >= 0.3 is 0 Å². The molecule has 0 unspecified atom stereocenters. The molecule has 3 aliphatic heterocycles. The van der Waals surface area contributed by atoms with Gasteiger partial charge in [0.25, 0.3) is 5.91 Å². The van der Waals surface area contributed by atoms with Crippen LogP contribution >= 0.6 is 0 Å². The summed E-state index contributed by atoms with van der Waals surface area (Å²) < 4.78 is 14.0. The number of benzene rings is 2. The molecule has 0 bridgehead atoms. The monoisotopic (exact) mass is 394 g/mol. The molecule has 0 atom stereocenters. The zero-order chi connectivity index (χ0) is 19.8. The van der Waals surface area contributed by atoms with Crippen LogP contribution in [0.3, 0.4) is 0 Å². The van der Waals surface area contributed by atoms with Gasteiger partial charge in [-0.3, -0.25) is 9.69 Å². The number of nitrogens with zero attached hydrogens (tertiary/aromatic N) is 4. The second-order valence-corrected chi connectivity index (χ2v) is 8.12. The van der Waals surface area contributed by atoms with Crippen LogP contribution in [0, 0.1) is 5.82 Å². The summed E-state index contributed by atoms with van der Waals surface area (Å²) in [6, 6.07) is 13.1. The Balaban J connectivity index is 1.19. The van der Waals surface area contributed by atoms with Crippen LogP contribution in [-0.2, 0) is 6.42 Å². The van der Waals surface area contributed by atoms with Crippen LogP contribution in [0.15, 0.2) is 42.5 Å². The number of rotatable bonds is 4. The SMILES string of the molecule is O=C1c2cccc3c2N(CC3)CCN1CCN1CCN(c2ccccc2F)CC1. The molecule has 152 valence electrons. The first-order chi connectivity index (χ1) is 14.2. The van der Waals surface area contributed by atoms with Crippen LogP contribution < -0.4 is 9.80 Å². The lowest BCUT2D eigenvalue weighted by molar-refractivity contribution is 0.0744. The number of amides is 1. The molecule has 3 heterocycles. The van der Waals surface area contributed by atoms with Gasteiger partial charge in [-0.05, 0) is 30.2 Å². The zero-order valence-electron chi connectivity index (χ0n) is 16.7. The molecular weight excluding hydrogens is 367 g/mol. The van der Waals surface area contributed by atoms with Crippen LogP contribution in [0.4, 0.5) is 15.8 Å². The van der Waals surface area contributed by atoms with E-state index in [9.17, 15) is 9.18 Å². The maximum atomic E-state index is 14.0. The summed E-state index contributed by atoms with van der Waals surface area (Å²) in [6.45, 7) is 7.74. The highest BCUT2D eigenvalue weighted by Crippen LogP contribution is 2.34. The van der Waals surface area contributed by atoms with Crippen molar-refractivity contribution in [2.75, 3.05) is 68.7 Å². The standard InChI is InChI=1S/C23H27FN4O/c24-20-6-1-2-7-21(20)26-13-10-25(11-14-26)12-15-28-17-16-27-9-8-18-4-3-5-19(22(18)27)23(28)29/h1-7H,8-17H2. The van der Waals surface area contributed by atoms with Crippen LogP contribution in [0.25, 0.3) is 0 Å². The van der Waals surface area contributed by atoms with Gasteiger partial charge in [0, 0.05) is 58.9 Å². The highest BCUT2D eigenvalue weighted by Gasteiger charge is 2.31. The lowest BCUT2D eigenvalue weighted by Crippen LogP contribution is -2.49. The average Bonchev–Trinajstić information content (AvgIpc) is 3.11. The lowest BCUT2D eigenvalue weighted by Gasteiger charge is -2.37. The summed E-state index contributed by atoms with van der Waals surface area (Å²) >= 11 is 0. The molecule has 1 amide bonds. The van der Waals surface area contributed by atoms with Crippen molar-refractivity contribution >= 4 is 17.3 Å². The molecule has 0 N–H and O–H groups in total. The van der Waals surface area contributed by atoms with Gasteiger partial charge in [-0.15, -0.1) is 0 Å². The third-order valence-electron chi connectivity index (χ3n) is 6.50. The maximum Gasteiger partial charge on any atom is 0.256 e. The van der Waals surface area contributed by atoms with E-state index in [0.717, 1.165) is 70.9 Å². The normalized spacial score (nSPS) is 19.5. The summed E-state index contributed by atoms with van der Waals surface area (Å²) in [5.74, 6) is 0.0105. The van der Waals surface area contributed by atoms with Gasteiger partial charge < -0.3 is 14.7 Å². The van der Waals surface area contributed by atoms with Gasteiger partial charge in [0.05, 0.1) is 16.9 Å². The minimum absolute atomic E-state index is 0.153. The lowest BCUT2D eigenvalue weighted by atomic mass is 10.1. The van der Waals surface area contributed by atoms with Gasteiger partial charge in [-0.1, -0.05) is 24.3 Å². The highest BCUT2D eigenvalue weighted by atomic mass is 19.1. The molecule has 2 aromatic carbocycles. The maximum absolute atomic E-state index is 14.0. The zero-order valence-corrected chi connectivity index (χ0v) is 16.7. The molecule has 1 saturated heterocycles. The summed E-state index contributed by atoms with van der Waals surface area (Å²) in [5.41, 5.74) is 4.03. The Morgan fingerprint density at radius 2 is 1.59 bits per heavy atom. The molecule has 5 nitrogen and oxygen atoms in total. The van der Waals surface area contributed by atoms with Gasteiger partial charge in [0.2, 0.25) is 0 Å². The number of para-hydroxylation sites is 2. The van der Waals surface area contributed by atoms with Gasteiger partial charge in [-0.2, -0.15) is 0 Å². The molecule has 29 heavy (non-hydrogen) atoms. The first-order valence-electron chi connectivity index (χ1n) is 10.6. The second kappa shape index (κ2) is 7.67. The largest absolute Gasteiger partial charge is 0.369 e. The minimum Gasteiger partial charge on any atom is -0.369 e. The molecule has 0 aliphatic carbocycles. The van der Waals surface area contributed by atoms with E-state index in [1.807, 2.05) is 29.2 Å². The average molecular weight is 394 g/mol. The molecule has 2 aromatic rings. The molecule has 0 aromatic heterocycles. The van der Waals surface area contributed by atoms with Gasteiger partial charge in [-0.25, -0.2) is 4.39 Å². The van der Waals surface area contributed by atoms with E-state index in [4.69, 9.17) is 0 Å². The van der Waals surface area contributed by atoms with E-state index in [-0.39, 0.29) is 11.7 Å². The Morgan fingerprint density at radius 3 is 2.41 bits per heavy atom. The van der Waals surface area contributed by atoms with Crippen molar-refractivity contribution in [3.8, 4) is 0 Å². The van der Waals surface area contributed by atoms with Crippen LogP contribution in [0.5, 0.6) is 0 Å². The quantitative estimate of drug-likeness (QED) is 0.797. The van der Waals surface area contributed by atoms with Crippen molar-refractivity contribution in [1.29, 1.82) is 0 Å².